The van der Waals surface area contributed by atoms with Gasteiger partial charge in [-0.2, -0.15) is 0 Å². The van der Waals surface area contributed by atoms with E-state index in [0.29, 0.717) is 11.6 Å². The van der Waals surface area contributed by atoms with Crippen LogP contribution in [-0.4, -0.2) is 24.3 Å². The van der Waals surface area contributed by atoms with Crippen LogP contribution in [0.25, 0.3) is 11.0 Å². The number of likely N-dealkylation sites (tertiary alicyclic amines) is 1. The predicted octanol–water partition coefficient (Wildman–Crippen LogP) is 1.68. The highest BCUT2D eigenvalue weighted by Gasteiger charge is 2.26. The molecule has 2 aromatic rings. The van der Waals surface area contributed by atoms with Gasteiger partial charge >= 0.3 is 5.63 Å². The summed E-state index contributed by atoms with van der Waals surface area (Å²) in [5.74, 6) is 0. The van der Waals surface area contributed by atoms with Crippen molar-refractivity contribution >= 4 is 11.0 Å². The average molecular weight is 316 g/mol. The van der Waals surface area contributed by atoms with Crippen molar-refractivity contribution in [1.29, 1.82) is 0 Å². The highest BCUT2D eigenvalue weighted by Crippen LogP contribution is 2.19. The van der Waals surface area contributed by atoms with E-state index in [2.05, 4.69) is 13.0 Å². The summed E-state index contributed by atoms with van der Waals surface area (Å²) in [4.78, 5) is 13.4. The molecule has 1 aromatic heterocycles. The first-order chi connectivity index (χ1) is 11.2. The van der Waals surface area contributed by atoms with E-state index in [0.717, 1.165) is 43.3 Å². The number of aliphatic hydroxyl groups excluding tert-OH is 1. The topological polar surface area (TPSA) is 54.9 Å². The van der Waals surface area contributed by atoms with Gasteiger partial charge < -0.3 is 14.4 Å². The van der Waals surface area contributed by atoms with Crippen molar-refractivity contribution in [1.82, 2.24) is 0 Å². The molecule has 1 aromatic carbocycles. The van der Waals surface area contributed by atoms with Crippen molar-refractivity contribution in [3.8, 4) is 0 Å². The third-order valence-corrected chi connectivity index (χ3v) is 5.07. The molecule has 1 aliphatic heterocycles. The molecular weight excluding hydrogens is 290 g/mol. The molecule has 124 valence electrons. The van der Waals surface area contributed by atoms with Crippen molar-refractivity contribution in [2.75, 3.05) is 13.2 Å². The minimum absolute atomic E-state index is 0.242. The van der Waals surface area contributed by atoms with Gasteiger partial charge in [-0.05, 0) is 43.4 Å². The van der Waals surface area contributed by atoms with Crippen LogP contribution in [0.4, 0.5) is 0 Å². The molecule has 0 aliphatic carbocycles. The third kappa shape index (κ3) is 3.65. The van der Waals surface area contributed by atoms with Crippen molar-refractivity contribution in [2.45, 2.75) is 51.6 Å². The number of benzene rings is 1. The average Bonchev–Trinajstić information content (AvgIpc) is 2.56. The molecule has 0 radical (unpaired) electrons. The summed E-state index contributed by atoms with van der Waals surface area (Å²) < 4.78 is 5.36. The minimum Gasteiger partial charge on any atom is -0.423 e. The summed E-state index contributed by atoms with van der Waals surface area (Å²) in [5.41, 5.74) is 2.74. The van der Waals surface area contributed by atoms with Gasteiger partial charge in [0.25, 0.3) is 0 Å². The number of quaternary nitrogens is 1. The lowest BCUT2D eigenvalue weighted by atomic mass is 9.98. The maximum atomic E-state index is 11.9. The molecule has 1 aliphatic rings. The third-order valence-electron chi connectivity index (χ3n) is 5.07. The standard InChI is InChI=1S/C19H25NO3/c1-2-14-6-7-18-17(11-14)15(12-19(22)23-18)13-20-9-4-3-5-16(20)8-10-21/h6-7,11-12,16,21H,2-5,8-10,13H2,1H3/p+1/t16-/m0/s1. The Balaban J connectivity index is 1.95. The largest absolute Gasteiger partial charge is 0.423 e. The van der Waals surface area contributed by atoms with Crippen LogP contribution in [0.15, 0.2) is 33.5 Å². The van der Waals surface area contributed by atoms with E-state index in [1.807, 2.05) is 12.1 Å². The number of aryl methyl sites for hydroxylation is 1. The minimum atomic E-state index is -0.271. The van der Waals surface area contributed by atoms with Crippen LogP contribution in [0.1, 0.15) is 43.7 Å². The summed E-state index contributed by atoms with van der Waals surface area (Å²) in [6, 6.07) is 8.23. The predicted molar refractivity (Wildman–Crippen MR) is 90.7 cm³/mol. The van der Waals surface area contributed by atoms with Crippen molar-refractivity contribution in [3.05, 3.63) is 45.8 Å². The lowest BCUT2D eigenvalue weighted by molar-refractivity contribution is -0.944. The van der Waals surface area contributed by atoms with Crippen molar-refractivity contribution in [3.63, 3.8) is 0 Å². The van der Waals surface area contributed by atoms with E-state index < -0.39 is 0 Å². The Labute approximate surface area is 136 Å². The van der Waals surface area contributed by atoms with Crippen molar-refractivity contribution in [2.24, 2.45) is 0 Å². The maximum absolute atomic E-state index is 11.9. The molecule has 4 nitrogen and oxygen atoms in total. The molecule has 0 spiro atoms. The van der Waals surface area contributed by atoms with E-state index in [9.17, 15) is 9.90 Å². The number of hydrogen-bond donors (Lipinski definition) is 2. The fourth-order valence-corrected chi connectivity index (χ4v) is 3.77. The summed E-state index contributed by atoms with van der Waals surface area (Å²) in [6.45, 7) is 4.32. The van der Waals surface area contributed by atoms with Gasteiger partial charge in [0.2, 0.25) is 0 Å². The fraction of sp³-hybridized carbons (Fsp3) is 0.526. The van der Waals surface area contributed by atoms with Gasteiger partial charge in [-0.3, -0.25) is 0 Å². The second-order valence-electron chi connectivity index (χ2n) is 6.56. The number of fused-ring (bicyclic) bond motifs is 1. The molecule has 3 rings (SSSR count). The Morgan fingerprint density at radius 1 is 1.30 bits per heavy atom. The first-order valence-electron chi connectivity index (χ1n) is 8.72. The number of piperidine rings is 1. The Morgan fingerprint density at radius 3 is 2.96 bits per heavy atom. The van der Waals surface area contributed by atoms with Crippen LogP contribution in [0.5, 0.6) is 0 Å². The van der Waals surface area contributed by atoms with Crippen LogP contribution in [-0.2, 0) is 13.0 Å². The van der Waals surface area contributed by atoms with Crippen LogP contribution in [0, 0.1) is 0 Å². The Kier molecular flexibility index (Phi) is 5.13. The molecule has 0 amide bonds. The second-order valence-corrected chi connectivity index (χ2v) is 6.56. The summed E-state index contributed by atoms with van der Waals surface area (Å²) in [7, 11) is 0. The first-order valence-corrected chi connectivity index (χ1v) is 8.72. The number of nitrogens with one attached hydrogen (secondary N) is 1. The SMILES string of the molecule is CCc1ccc2oc(=O)cc(C[NH+]3CCCC[C@H]3CCO)c2c1. The van der Waals surface area contributed by atoms with Crippen molar-refractivity contribution < 1.29 is 14.4 Å². The van der Waals surface area contributed by atoms with E-state index in [1.54, 1.807) is 6.07 Å². The molecule has 2 atom stereocenters. The van der Waals surface area contributed by atoms with Gasteiger partial charge in [-0.1, -0.05) is 13.0 Å². The highest BCUT2D eigenvalue weighted by molar-refractivity contribution is 5.80. The maximum Gasteiger partial charge on any atom is 0.336 e. The van der Waals surface area contributed by atoms with E-state index in [-0.39, 0.29) is 12.2 Å². The summed E-state index contributed by atoms with van der Waals surface area (Å²) in [5, 5.41) is 10.4. The Bertz CT molecular complexity index is 720. The number of hydrogen-bond acceptors (Lipinski definition) is 3. The summed E-state index contributed by atoms with van der Waals surface area (Å²) in [6.07, 6.45) is 5.44. The molecule has 0 saturated carbocycles. The highest BCUT2D eigenvalue weighted by atomic mass is 16.4. The summed E-state index contributed by atoms with van der Waals surface area (Å²) >= 11 is 0. The smallest absolute Gasteiger partial charge is 0.336 e. The zero-order valence-electron chi connectivity index (χ0n) is 13.8. The lowest BCUT2D eigenvalue weighted by Crippen LogP contribution is -3.15. The van der Waals surface area contributed by atoms with Crippen LogP contribution in [0.3, 0.4) is 0 Å². The molecule has 4 heteroatoms. The molecule has 1 unspecified atom stereocenters. The van der Waals surface area contributed by atoms with E-state index in [4.69, 9.17) is 4.42 Å². The van der Waals surface area contributed by atoms with Gasteiger partial charge in [0.05, 0.1) is 12.6 Å². The van der Waals surface area contributed by atoms with Gasteiger partial charge in [0.15, 0.2) is 0 Å². The molecule has 1 fully saturated rings. The quantitative estimate of drug-likeness (QED) is 0.825. The Hall–Kier alpha value is -1.65. The number of rotatable bonds is 5. The van der Waals surface area contributed by atoms with Crippen LogP contribution >= 0.6 is 0 Å². The zero-order chi connectivity index (χ0) is 16.2. The molecule has 2 N–H and O–H groups in total. The zero-order valence-corrected chi connectivity index (χ0v) is 13.8. The first kappa shape index (κ1) is 16.2. The van der Waals surface area contributed by atoms with E-state index in [1.165, 1.54) is 23.3 Å². The van der Waals surface area contributed by atoms with Gasteiger partial charge in [0.1, 0.15) is 12.1 Å². The van der Waals surface area contributed by atoms with Gasteiger partial charge in [-0.15, -0.1) is 0 Å². The monoisotopic (exact) mass is 316 g/mol. The fourth-order valence-electron chi connectivity index (χ4n) is 3.77. The van der Waals surface area contributed by atoms with Gasteiger partial charge in [-0.25, -0.2) is 4.79 Å². The van der Waals surface area contributed by atoms with E-state index >= 15 is 0 Å². The van der Waals surface area contributed by atoms with Crippen LogP contribution in [0.2, 0.25) is 0 Å². The molecular formula is C19H26NO3+. The molecule has 23 heavy (non-hydrogen) atoms. The molecule has 1 saturated heterocycles. The lowest BCUT2D eigenvalue weighted by Gasteiger charge is -2.32. The Morgan fingerprint density at radius 2 is 2.17 bits per heavy atom. The van der Waals surface area contributed by atoms with Crippen LogP contribution < -0.4 is 10.5 Å². The number of aliphatic hydroxyl groups is 1. The van der Waals surface area contributed by atoms with Gasteiger partial charge in [0, 0.05) is 30.0 Å². The molecule has 2 heterocycles. The normalized spacial score (nSPS) is 21.7. The molecule has 0 bridgehead atoms. The second kappa shape index (κ2) is 7.28.